The second-order valence-corrected chi connectivity index (χ2v) is 9.26. The third kappa shape index (κ3) is 5.10. The molecule has 0 spiro atoms. The maximum absolute atomic E-state index is 13.3. The summed E-state index contributed by atoms with van der Waals surface area (Å²) in [4.78, 5) is 39.6. The van der Waals surface area contributed by atoms with Crippen LogP contribution in [-0.2, 0) is 16.1 Å². The molecule has 2 aromatic rings. The Bertz CT molecular complexity index is 1210. The molecule has 4 unspecified atom stereocenters. The van der Waals surface area contributed by atoms with Crippen LogP contribution in [0, 0.1) is 6.92 Å². The number of benzene rings is 2. The fourth-order valence-electron chi connectivity index (χ4n) is 5.01. The van der Waals surface area contributed by atoms with Crippen molar-refractivity contribution >= 4 is 18.1 Å². The monoisotopic (exact) mass is 508 g/mol. The van der Waals surface area contributed by atoms with Gasteiger partial charge in [0.05, 0.1) is 25.7 Å². The minimum atomic E-state index is -1.17. The van der Waals surface area contributed by atoms with E-state index in [4.69, 9.17) is 9.47 Å². The van der Waals surface area contributed by atoms with Crippen molar-refractivity contribution in [1.82, 2.24) is 10.2 Å². The van der Waals surface area contributed by atoms with Gasteiger partial charge in [-0.15, -0.1) is 0 Å². The van der Waals surface area contributed by atoms with E-state index in [0.717, 1.165) is 11.1 Å². The zero-order chi connectivity index (χ0) is 26.7. The predicted octanol–water partition coefficient (Wildman–Crippen LogP) is 1.88. The maximum Gasteiger partial charge on any atom is 0.247 e. The van der Waals surface area contributed by atoms with Crippen molar-refractivity contribution in [3.8, 4) is 11.5 Å². The van der Waals surface area contributed by atoms with Crippen molar-refractivity contribution in [3.05, 3.63) is 70.3 Å². The van der Waals surface area contributed by atoms with E-state index in [1.54, 1.807) is 24.0 Å². The predicted molar refractivity (Wildman–Crippen MR) is 136 cm³/mol. The quantitative estimate of drug-likeness (QED) is 0.442. The van der Waals surface area contributed by atoms with Crippen LogP contribution >= 0.6 is 0 Å². The Morgan fingerprint density at radius 1 is 1.22 bits per heavy atom. The number of rotatable bonds is 9. The van der Waals surface area contributed by atoms with Gasteiger partial charge in [-0.2, -0.15) is 0 Å². The van der Waals surface area contributed by atoms with Gasteiger partial charge in [-0.3, -0.25) is 14.4 Å². The number of fused-ring (bicyclic) bond motifs is 3. The van der Waals surface area contributed by atoms with E-state index in [-0.39, 0.29) is 37.6 Å². The molecule has 9 nitrogen and oxygen atoms in total. The lowest BCUT2D eigenvalue weighted by molar-refractivity contribution is -0.137. The van der Waals surface area contributed by atoms with Crippen LogP contribution in [0.2, 0.25) is 0 Å². The number of ether oxygens (including phenoxy) is 2. The molecular weight excluding hydrogens is 476 g/mol. The zero-order valence-corrected chi connectivity index (χ0v) is 21.1. The van der Waals surface area contributed by atoms with Crippen LogP contribution in [-0.4, -0.2) is 71.7 Å². The van der Waals surface area contributed by atoms with Crippen molar-refractivity contribution in [1.29, 1.82) is 0 Å². The number of carbonyl (C=O) groups excluding carboxylic acids is 3. The molecule has 1 aliphatic heterocycles. The number of hydrogen-bond donors (Lipinski definition) is 3. The summed E-state index contributed by atoms with van der Waals surface area (Å²) in [5.74, 6) is -0.686. The SMILES string of the molecule is CCC(=O)N(Cc1ccc(C)cc1)C1C=C(C(=O)NCCO)C2c3cc(C=O)cc(OC)c3OC2C1O. The van der Waals surface area contributed by atoms with Crippen LogP contribution in [0.5, 0.6) is 11.5 Å². The second kappa shape index (κ2) is 11.1. The number of nitrogens with zero attached hydrogens (tertiary/aromatic N) is 1. The molecule has 196 valence electrons. The van der Waals surface area contributed by atoms with E-state index in [1.165, 1.54) is 13.2 Å². The number of nitrogens with one attached hydrogen (secondary N) is 1. The molecule has 2 amide bonds. The molecule has 0 radical (unpaired) electrons. The normalized spacial score (nSPS) is 21.7. The topological polar surface area (TPSA) is 125 Å². The first kappa shape index (κ1) is 26.4. The number of hydrogen-bond acceptors (Lipinski definition) is 7. The number of aryl methyl sites for hydroxylation is 1. The first-order valence-electron chi connectivity index (χ1n) is 12.3. The minimum Gasteiger partial charge on any atom is -0.493 e. The maximum atomic E-state index is 13.3. The fraction of sp³-hybridized carbons (Fsp3) is 0.393. The molecule has 0 bridgehead atoms. The minimum absolute atomic E-state index is 0.0349. The van der Waals surface area contributed by atoms with Gasteiger partial charge in [-0.25, -0.2) is 0 Å². The number of aldehydes is 1. The third-order valence-corrected chi connectivity index (χ3v) is 6.87. The molecule has 1 heterocycles. The summed E-state index contributed by atoms with van der Waals surface area (Å²) in [6.07, 6.45) is 0.425. The Kier molecular flexibility index (Phi) is 7.94. The molecule has 2 aromatic carbocycles. The Balaban J connectivity index is 1.81. The molecule has 0 saturated carbocycles. The highest BCUT2D eigenvalue weighted by Gasteiger charge is 2.51. The van der Waals surface area contributed by atoms with Crippen LogP contribution in [0.15, 0.2) is 48.0 Å². The molecule has 0 aromatic heterocycles. The van der Waals surface area contributed by atoms with Crippen LogP contribution in [0.3, 0.4) is 0 Å². The van der Waals surface area contributed by atoms with Gasteiger partial charge in [0.1, 0.15) is 18.5 Å². The van der Waals surface area contributed by atoms with Gasteiger partial charge in [0.2, 0.25) is 11.8 Å². The van der Waals surface area contributed by atoms with Gasteiger partial charge < -0.3 is 29.9 Å². The molecule has 9 heteroatoms. The van der Waals surface area contributed by atoms with Crippen LogP contribution in [0.25, 0.3) is 0 Å². The van der Waals surface area contributed by atoms with Gasteiger partial charge in [-0.1, -0.05) is 36.8 Å². The van der Waals surface area contributed by atoms with Gasteiger partial charge in [-0.05, 0) is 30.7 Å². The highest BCUT2D eigenvalue weighted by atomic mass is 16.5. The molecule has 1 aliphatic carbocycles. The van der Waals surface area contributed by atoms with Crippen molar-refractivity contribution in [2.45, 2.75) is 51.0 Å². The molecule has 3 N–H and O–H groups in total. The summed E-state index contributed by atoms with van der Waals surface area (Å²) in [6, 6.07) is 10.1. The fourth-order valence-corrected chi connectivity index (χ4v) is 5.01. The summed E-state index contributed by atoms with van der Waals surface area (Å²) >= 11 is 0. The van der Waals surface area contributed by atoms with Gasteiger partial charge in [0.15, 0.2) is 11.5 Å². The van der Waals surface area contributed by atoms with E-state index in [9.17, 15) is 24.6 Å². The van der Waals surface area contributed by atoms with Crippen LogP contribution in [0.4, 0.5) is 0 Å². The molecule has 2 aliphatic rings. The van der Waals surface area contributed by atoms with Gasteiger partial charge in [0.25, 0.3) is 0 Å². The third-order valence-electron chi connectivity index (χ3n) is 6.87. The number of methoxy groups -OCH3 is 1. The lowest BCUT2D eigenvalue weighted by atomic mass is 9.77. The van der Waals surface area contributed by atoms with E-state index < -0.39 is 30.1 Å². The van der Waals surface area contributed by atoms with Crippen molar-refractivity contribution in [2.24, 2.45) is 0 Å². The van der Waals surface area contributed by atoms with E-state index in [1.807, 2.05) is 31.2 Å². The number of amides is 2. The van der Waals surface area contributed by atoms with Crippen molar-refractivity contribution in [3.63, 3.8) is 0 Å². The molecule has 0 fully saturated rings. The summed E-state index contributed by atoms with van der Waals surface area (Å²) in [6.45, 7) is 3.74. The van der Waals surface area contributed by atoms with E-state index in [0.29, 0.717) is 28.9 Å². The number of carbonyl (C=O) groups is 3. The summed E-state index contributed by atoms with van der Waals surface area (Å²) in [5.41, 5.74) is 3.14. The van der Waals surface area contributed by atoms with Gasteiger partial charge >= 0.3 is 0 Å². The molecular formula is C28H32N2O7. The Labute approximate surface area is 215 Å². The van der Waals surface area contributed by atoms with Crippen molar-refractivity contribution < 1.29 is 34.1 Å². The second-order valence-electron chi connectivity index (χ2n) is 9.26. The molecule has 4 atom stereocenters. The highest BCUT2D eigenvalue weighted by Crippen LogP contribution is 2.51. The summed E-state index contributed by atoms with van der Waals surface area (Å²) in [7, 11) is 1.45. The van der Waals surface area contributed by atoms with Crippen molar-refractivity contribution in [2.75, 3.05) is 20.3 Å². The molecule has 0 saturated heterocycles. The Morgan fingerprint density at radius 2 is 1.95 bits per heavy atom. The van der Waals surface area contributed by atoms with Gasteiger partial charge in [0, 0.05) is 36.2 Å². The van der Waals surface area contributed by atoms with E-state index >= 15 is 0 Å². The standard InChI is InChI=1S/C28H32N2O7/c1-4-23(33)30(14-17-7-5-16(2)6-8-17)21-13-20(28(35)29-9-10-31)24-19-11-18(15-32)12-22(36-3)26(19)37-27(24)25(21)34/h5-8,11-13,15,21,24-25,27,31,34H,4,9-10,14H2,1-3H3,(H,29,35). The van der Waals surface area contributed by atoms with Crippen LogP contribution < -0.4 is 14.8 Å². The number of aliphatic hydroxyl groups excluding tert-OH is 2. The summed E-state index contributed by atoms with van der Waals surface area (Å²) in [5, 5.41) is 23.5. The lowest BCUT2D eigenvalue weighted by Gasteiger charge is -2.40. The van der Waals surface area contributed by atoms with Crippen LogP contribution in [0.1, 0.15) is 46.3 Å². The molecule has 37 heavy (non-hydrogen) atoms. The molecule has 4 rings (SSSR count). The average Bonchev–Trinajstić information content (AvgIpc) is 3.31. The average molecular weight is 509 g/mol. The Morgan fingerprint density at radius 3 is 2.57 bits per heavy atom. The van der Waals surface area contributed by atoms with E-state index in [2.05, 4.69) is 5.32 Å². The first-order valence-corrected chi connectivity index (χ1v) is 12.3. The highest BCUT2D eigenvalue weighted by molar-refractivity contribution is 5.96. The lowest BCUT2D eigenvalue weighted by Crippen LogP contribution is -2.55. The number of aliphatic hydroxyl groups is 2. The summed E-state index contributed by atoms with van der Waals surface area (Å²) < 4.78 is 11.6. The largest absolute Gasteiger partial charge is 0.493 e. The zero-order valence-electron chi connectivity index (χ0n) is 21.1. The Hall–Kier alpha value is -3.69. The smallest absolute Gasteiger partial charge is 0.247 e. The first-order chi connectivity index (χ1) is 17.8.